The van der Waals surface area contributed by atoms with Crippen molar-refractivity contribution in [3.8, 4) is 5.88 Å². The van der Waals surface area contributed by atoms with E-state index in [1.807, 2.05) is 30.3 Å². The van der Waals surface area contributed by atoms with Crippen LogP contribution in [0.5, 0.6) is 5.88 Å². The number of aromatic nitrogens is 1. The molecule has 1 atom stereocenters. The van der Waals surface area contributed by atoms with Gasteiger partial charge in [0, 0.05) is 11.8 Å². The Balaban J connectivity index is 1.98. The zero-order valence-electron chi connectivity index (χ0n) is 8.96. The van der Waals surface area contributed by atoms with E-state index in [2.05, 4.69) is 10.3 Å². The van der Waals surface area contributed by atoms with Crippen molar-refractivity contribution in [2.24, 2.45) is 0 Å². The molecule has 1 aliphatic rings. The molecule has 1 aliphatic heterocycles. The van der Waals surface area contributed by atoms with Crippen LogP contribution < -0.4 is 10.1 Å². The van der Waals surface area contributed by atoms with Crippen LogP contribution in [0.15, 0.2) is 48.7 Å². The number of carbonyl (C=O) groups is 1. The molecule has 2 heterocycles. The number of fused-ring (bicyclic) bond motifs is 1. The molecule has 2 aromatic rings. The van der Waals surface area contributed by atoms with Crippen LogP contribution in [0.2, 0.25) is 0 Å². The standard InChI is InChI=1S/C13H10N2O2/c16-12-11(9-5-2-1-3-6-9)17-13-10(15-12)7-4-8-14-13/h1-8,11H,(H,15,16). The molecule has 0 radical (unpaired) electrons. The molecule has 1 aromatic heterocycles. The van der Waals surface area contributed by atoms with Crippen LogP contribution in [-0.2, 0) is 4.79 Å². The molecule has 0 saturated carbocycles. The van der Waals surface area contributed by atoms with Gasteiger partial charge in [0.15, 0.2) is 0 Å². The minimum atomic E-state index is -0.626. The Bertz CT molecular complexity index is 554. The van der Waals surface area contributed by atoms with E-state index in [9.17, 15) is 4.79 Å². The molecule has 17 heavy (non-hydrogen) atoms. The lowest BCUT2D eigenvalue weighted by Crippen LogP contribution is -2.30. The fraction of sp³-hybridized carbons (Fsp3) is 0.0769. The average Bonchev–Trinajstić information content (AvgIpc) is 2.39. The molecular weight excluding hydrogens is 216 g/mol. The topological polar surface area (TPSA) is 51.2 Å². The Labute approximate surface area is 98.3 Å². The molecule has 3 rings (SSSR count). The SMILES string of the molecule is O=C1Nc2cccnc2OC1c1ccccc1. The average molecular weight is 226 g/mol. The lowest BCUT2D eigenvalue weighted by molar-refractivity contribution is -0.123. The number of rotatable bonds is 1. The number of nitrogens with zero attached hydrogens (tertiary/aromatic N) is 1. The van der Waals surface area contributed by atoms with Gasteiger partial charge in [-0.3, -0.25) is 4.79 Å². The minimum Gasteiger partial charge on any atom is -0.458 e. The molecule has 84 valence electrons. The maximum Gasteiger partial charge on any atom is 0.270 e. The molecular formula is C13H10N2O2. The highest BCUT2D eigenvalue weighted by atomic mass is 16.5. The summed E-state index contributed by atoms with van der Waals surface area (Å²) in [6.45, 7) is 0. The van der Waals surface area contributed by atoms with Crippen molar-refractivity contribution >= 4 is 11.6 Å². The highest BCUT2D eigenvalue weighted by Gasteiger charge is 2.29. The van der Waals surface area contributed by atoms with E-state index in [-0.39, 0.29) is 5.91 Å². The Kier molecular flexibility index (Phi) is 2.26. The first-order valence-corrected chi connectivity index (χ1v) is 5.32. The number of anilines is 1. The van der Waals surface area contributed by atoms with Gasteiger partial charge in [-0.1, -0.05) is 30.3 Å². The third kappa shape index (κ3) is 1.73. The van der Waals surface area contributed by atoms with Gasteiger partial charge in [0.25, 0.3) is 5.91 Å². The van der Waals surface area contributed by atoms with Crippen LogP contribution in [0.4, 0.5) is 5.69 Å². The second kappa shape index (κ2) is 3.90. The van der Waals surface area contributed by atoms with Crippen molar-refractivity contribution in [1.82, 2.24) is 4.98 Å². The van der Waals surface area contributed by atoms with Gasteiger partial charge in [-0.25, -0.2) is 4.98 Å². The van der Waals surface area contributed by atoms with Gasteiger partial charge in [0.1, 0.15) is 5.69 Å². The van der Waals surface area contributed by atoms with Gasteiger partial charge in [-0.15, -0.1) is 0 Å². The van der Waals surface area contributed by atoms with Gasteiger partial charge in [-0.05, 0) is 12.1 Å². The molecule has 0 saturated heterocycles. The maximum absolute atomic E-state index is 11.9. The summed E-state index contributed by atoms with van der Waals surface area (Å²) >= 11 is 0. The summed E-state index contributed by atoms with van der Waals surface area (Å²) in [4.78, 5) is 16.0. The molecule has 1 N–H and O–H groups in total. The predicted octanol–water partition coefficient (Wildman–Crippen LogP) is 2.15. The van der Waals surface area contributed by atoms with Gasteiger partial charge in [0.05, 0.1) is 0 Å². The first kappa shape index (κ1) is 9.84. The molecule has 4 heteroatoms. The molecule has 1 unspecified atom stereocenters. The molecule has 0 bridgehead atoms. The second-order valence-electron chi connectivity index (χ2n) is 3.75. The van der Waals surface area contributed by atoms with Crippen molar-refractivity contribution in [3.63, 3.8) is 0 Å². The molecule has 0 spiro atoms. The molecule has 0 fully saturated rings. The number of amides is 1. The predicted molar refractivity (Wildman–Crippen MR) is 62.7 cm³/mol. The van der Waals surface area contributed by atoms with Crippen molar-refractivity contribution in [1.29, 1.82) is 0 Å². The quantitative estimate of drug-likeness (QED) is 0.810. The third-order valence-electron chi connectivity index (χ3n) is 2.60. The summed E-state index contributed by atoms with van der Waals surface area (Å²) in [7, 11) is 0. The maximum atomic E-state index is 11.9. The van der Waals surface area contributed by atoms with E-state index in [1.165, 1.54) is 0 Å². The molecule has 4 nitrogen and oxygen atoms in total. The zero-order chi connectivity index (χ0) is 11.7. The Morgan fingerprint density at radius 3 is 2.76 bits per heavy atom. The normalized spacial score (nSPS) is 17.9. The first-order chi connectivity index (χ1) is 8.34. The number of benzene rings is 1. The summed E-state index contributed by atoms with van der Waals surface area (Å²) in [5.74, 6) is 0.289. The van der Waals surface area contributed by atoms with E-state index in [1.54, 1.807) is 18.3 Å². The second-order valence-corrected chi connectivity index (χ2v) is 3.75. The van der Waals surface area contributed by atoms with Gasteiger partial charge < -0.3 is 10.1 Å². The number of hydrogen-bond donors (Lipinski definition) is 1. The van der Waals surface area contributed by atoms with Gasteiger partial charge >= 0.3 is 0 Å². The summed E-state index contributed by atoms with van der Waals surface area (Å²) < 4.78 is 5.61. The highest BCUT2D eigenvalue weighted by molar-refractivity contribution is 5.97. The molecule has 1 amide bonds. The number of hydrogen-bond acceptors (Lipinski definition) is 3. The summed E-state index contributed by atoms with van der Waals surface area (Å²) in [5.41, 5.74) is 1.44. The lowest BCUT2D eigenvalue weighted by Gasteiger charge is -2.24. The Hall–Kier alpha value is -2.36. The van der Waals surface area contributed by atoms with Crippen LogP contribution in [0.25, 0.3) is 0 Å². The van der Waals surface area contributed by atoms with Crippen LogP contribution in [-0.4, -0.2) is 10.9 Å². The molecule has 1 aromatic carbocycles. The van der Waals surface area contributed by atoms with Crippen molar-refractivity contribution < 1.29 is 9.53 Å². The highest BCUT2D eigenvalue weighted by Crippen LogP contribution is 2.32. The van der Waals surface area contributed by atoms with Gasteiger partial charge in [-0.2, -0.15) is 0 Å². The smallest absolute Gasteiger partial charge is 0.270 e. The fourth-order valence-electron chi connectivity index (χ4n) is 1.79. The van der Waals surface area contributed by atoms with E-state index < -0.39 is 6.10 Å². The van der Waals surface area contributed by atoms with Crippen LogP contribution >= 0.6 is 0 Å². The van der Waals surface area contributed by atoms with Crippen LogP contribution in [0.1, 0.15) is 11.7 Å². The number of ether oxygens (including phenoxy) is 1. The van der Waals surface area contributed by atoms with Crippen molar-refractivity contribution in [3.05, 3.63) is 54.2 Å². The summed E-state index contributed by atoms with van der Waals surface area (Å²) in [5, 5.41) is 2.78. The lowest BCUT2D eigenvalue weighted by atomic mass is 10.1. The van der Waals surface area contributed by atoms with Crippen molar-refractivity contribution in [2.75, 3.05) is 5.32 Å². The first-order valence-electron chi connectivity index (χ1n) is 5.32. The van der Waals surface area contributed by atoms with E-state index in [0.29, 0.717) is 11.6 Å². The zero-order valence-corrected chi connectivity index (χ0v) is 8.96. The van der Waals surface area contributed by atoms with Gasteiger partial charge in [0.2, 0.25) is 12.0 Å². The Morgan fingerprint density at radius 1 is 1.12 bits per heavy atom. The monoisotopic (exact) mass is 226 g/mol. The van der Waals surface area contributed by atoms with E-state index in [0.717, 1.165) is 5.56 Å². The van der Waals surface area contributed by atoms with E-state index in [4.69, 9.17) is 4.74 Å². The summed E-state index contributed by atoms with van der Waals surface area (Å²) in [6, 6.07) is 12.9. The summed E-state index contributed by atoms with van der Waals surface area (Å²) in [6.07, 6.45) is 1.01. The number of pyridine rings is 1. The van der Waals surface area contributed by atoms with Crippen molar-refractivity contribution in [2.45, 2.75) is 6.10 Å². The van der Waals surface area contributed by atoms with Crippen LogP contribution in [0.3, 0.4) is 0 Å². The largest absolute Gasteiger partial charge is 0.458 e. The molecule has 0 aliphatic carbocycles. The van der Waals surface area contributed by atoms with E-state index >= 15 is 0 Å². The minimum absolute atomic E-state index is 0.170. The number of carbonyl (C=O) groups excluding carboxylic acids is 1. The number of nitrogens with one attached hydrogen (secondary N) is 1. The Morgan fingerprint density at radius 2 is 1.94 bits per heavy atom. The fourth-order valence-corrected chi connectivity index (χ4v) is 1.79. The third-order valence-corrected chi connectivity index (χ3v) is 2.60. The van der Waals surface area contributed by atoms with Crippen LogP contribution in [0, 0.1) is 0 Å².